The van der Waals surface area contributed by atoms with Gasteiger partial charge in [0.25, 0.3) is 5.56 Å². The van der Waals surface area contributed by atoms with Crippen LogP contribution < -0.4 is 25.1 Å². The van der Waals surface area contributed by atoms with Crippen LogP contribution in [-0.4, -0.2) is 36.1 Å². The van der Waals surface area contributed by atoms with Gasteiger partial charge in [0.05, 0.1) is 38.8 Å². The minimum absolute atomic E-state index is 0.0991. The normalized spacial score (nSPS) is 11.2. The molecule has 0 aliphatic heterocycles. The lowest BCUT2D eigenvalue weighted by molar-refractivity contribution is -0.137. The van der Waals surface area contributed by atoms with Gasteiger partial charge in [0, 0.05) is 18.3 Å². The Bertz CT molecular complexity index is 1170. The van der Waals surface area contributed by atoms with Gasteiger partial charge in [0.1, 0.15) is 5.02 Å². The lowest BCUT2D eigenvalue weighted by atomic mass is 10.1. The van der Waals surface area contributed by atoms with Gasteiger partial charge in [-0.3, -0.25) is 4.79 Å². The predicted molar refractivity (Wildman–Crippen MR) is 111 cm³/mol. The summed E-state index contributed by atoms with van der Waals surface area (Å²) in [6.45, 7) is 0.201. The van der Waals surface area contributed by atoms with Crippen molar-refractivity contribution in [2.75, 3.05) is 26.6 Å². The number of alkyl halides is 3. The third-order valence-electron chi connectivity index (χ3n) is 4.47. The van der Waals surface area contributed by atoms with Gasteiger partial charge < -0.3 is 19.5 Å². The van der Waals surface area contributed by atoms with Gasteiger partial charge in [-0.15, -0.1) is 0 Å². The van der Waals surface area contributed by atoms with E-state index in [0.717, 1.165) is 16.8 Å². The number of anilines is 1. The molecule has 2 heterocycles. The summed E-state index contributed by atoms with van der Waals surface area (Å²) in [6.07, 6.45) is -2.65. The smallest absolute Gasteiger partial charge is 0.417 e. The molecule has 3 aromatic rings. The molecule has 12 heteroatoms. The summed E-state index contributed by atoms with van der Waals surface area (Å²) in [6, 6.07) is 5.30. The molecule has 0 bridgehead atoms. The van der Waals surface area contributed by atoms with E-state index in [9.17, 15) is 18.0 Å². The molecule has 1 N–H and O–H groups in total. The zero-order valence-electron chi connectivity index (χ0n) is 17.2. The number of benzene rings is 1. The summed E-state index contributed by atoms with van der Waals surface area (Å²) >= 11 is 6.18. The summed E-state index contributed by atoms with van der Waals surface area (Å²) in [5.74, 6) is 1.23. The molecule has 0 atom stereocenters. The first-order valence-corrected chi connectivity index (χ1v) is 9.42. The minimum atomic E-state index is -4.54. The predicted octanol–water partition coefficient (Wildman–Crippen LogP) is 3.94. The van der Waals surface area contributed by atoms with E-state index >= 15 is 0 Å². The lowest BCUT2D eigenvalue weighted by Crippen LogP contribution is -2.23. The fourth-order valence-electron chi connectivity index (χ4n) is 2.89. The Morgan fingerprint density at radius 1 is 1.03 bits per heavy atom. The van der Waals surface area contributed by atoms with E-state index in [1.165, 1.54) is 27.5 Å². The largest absolute Gasteiger partial charge is 0.493 e. The topological polar surface area (TPSA) is 87.5 Å². The van der Waals surface area contributed by atoms with Crippen molar-refractivity contribution in [3.8, 4) is 23.1 Å². The van der Waals surface area contributed by atoms with E-state index < -0.39 is 17.3 Å². The molecule has 170 valence electrons. The number of ether oxygens (including phenoxy) is 3. The molecule has 0 unspecified atom stereocenters. The first kappa shape index (κ1) is 23.2. The van der Waals surface area contributed by atoms with Crippen molar-refractivity contribution in [3.05, 3.63) is 63.2 Å². The molecule has 0 spiro atoms. The number of aromatic nitrogens is 3. The quantitative estimate of drug-likeness (QED) is 0.559. The third-order valence-corrected chi connectivity index (χ3v) is 4.83. The van der Waals surface area contributed by atoms with Crippen LogP contribution in [0.3, 0.4) is 0 Å². The Balaban J connectivity index is 1.86. The van der Waals surface area contributed by atoms with Crippen LogP contribution in [-0.2, 0) is 12.7 Å². The fourth-order valence-corrected chi connectivity index (χ4v) is 3.09. The Morgan fingerprint density at radius 2 is 1.75 bits per heavy atom. The van der Waals surface area contributed by atoms with Crippen molar-refractivity contribution in [2.24, 2.45) is 0 Å². The number of hydrogen-bond donors (Lipinski definition) is 1. The van der Waals surface area contributed by atoms with Gasteiger partial charge in [-0.2, -0.15) is 23.0 Å². The SMILES string of the molecule is COc1ccc(CNc2cnn(-c3ccc(C(F)(F)F)cn3)c(=O)c2Cl)c(OC)c1OC. The highest BCUT2D eigenvalue weighted by atomic mass is 35.5. The van der Waals surface area contributed by atoms with Gasteiger partial charge in [0.2, 0.25) is 5.75 Å². The van der Waals surface area contributed by atoms with E-state index in [1.54, 1.807) is 12.1 Å². The van der Waals surface area contributed by atoms with Crippen molar-refractivity contribution in [1.29, 1.82) is 0 Å². The zero-order chi connectivity index (χ0) is 23.5. The van der Waals surface area contributed by atoms with Gasteiger partial charge in [0.15, 0.2) is 17.3 Å². The van der Waals surface area contributed by atoms with Crippen LogP contribution in [0.2, 0.25) is 5.02 Å². The molecule has 0 fully saturated rings. The molecule has 0 aliphatic carbocycles. The average molecular weight is 471 g/mol. The van der Waals surface area contributed by atoms with Gasteiger partial charge >= 0.3 is 6.18 Å². The highest BCUT2D eigenvalue weighted by Crippen LogP contribution is 2.40. The van der Waals surface area contributed by atoms with Crippen LogP contribution in [0, 0.1) is 0 Å². The van der Waals surface area contributed by atoms with E-state index in [0.29, 0.717) is 29.0 Å². The first-order valence-electron chi connectivity index (χ1n) is 9.04. The molecule has 32 heavy (non-hydrogen) atoms. The number of rotatable bonds is 7. The van der Waals surface area contributed by atoms with Crippen LogP contribution in [0.1, 0.15) is 11.1 Å². The van der Waals surface area contributed by atoms with E-state index in [1.807, 2.05) is 0 Å². The highest BCUT2D eigenvalue weighted by Gasteiger charge is 2.30. The molecule has 2 aromatic heterocycles. The van der Waals surface area contributed by atoms with Crippen molar-refractivity contribution in [3.63, 3.8) is 0 Å². The Kier molecular flexibility index (Phi) is 6.78. The molecule has 0 saturated heterocycles. The van der Waals surface area contributed by atoms with Crippen LogP contribution in [0.15, 0.2) is 41.5 Å². The van der Waals surface area contributed by atoms with Crippen molar-refractivity contribution < 1.29 is 27.4 Å². The maximum Gasteiger partial charge on any atom is 0.417 e. The van der Waals surface area contributed by atoms with Crippen molar-refractivity contribution >= 4 is 17.3 Å². The number of methoxy groups -OCH3 is 3. The number of nitrogens with zero attached hydrogens (tertiary/aromatic N) is 3. The summed E-state index contributed by atoms with van der Waals surface area (Å²) in [7, 11) is 4.46. The number of nitrogens with one attached hydrogen (secondary N) is 1. The van der Waals surface area contributed by atoms with Crippen LogP contribution in [0.4, 0.5) is 18.9 Å². The number of halogens is 4. The second-order valence-corrected chi connectivity index (χ2v) is 6.72. The third kappa shape index (κ3) is 4.57. The standard InChI is InChI=1S/C20H18ClF3N4O4/c1-30-14-6-4-11(17(31-2)18(14)32-3)8-25-13-10-27-28(19(29)16(13)21)15-7-5-12(9-26-15)20(22,23)24/h4-7,9-10,25H,8H2,1-3H3. The molecule has 0 aliphatic rings. The van der Waals surface area contributed by atoms with E-state index in [4.69, 9.17) is 25.8 Å². The van der Waals surface area contributed by atoms with Crippen molar-refractivity contribution in [2.45, 2.75) is 12.7 Å². The second kappa shape index (κ2) is 9.35. The molecule has 0 saturated carbocycles. The molecule has 8 nitrogen and oxygen atoms in total. The monoisotopic (exact) mass is 470 g/mol. The Morgan fingerprint density at radius 3 is 2.31 bits per heavy atom. The van der Waals surface area contributed by atoms with Crippen molar-refractivity contribution in [1.82, 2.24) is 14.8 Å². The maximum absolute atomic E-state index is 12.7. The maximum atomic E-state index is 12.7. The minimum Gasteiger partial charge on any atom is -0.493 e. The van der Waals surface area contributed by atoms with E-state index in [-0.39, 0.29) is 23.1 Å². The summed E-state index contributed by atoms with van der Waals surface area (Å²) < 4.78 is 54.9. The Hall–Kier alpha value is -3.47. The lowest BCUT2D eigenvalue weighted by Gasteiger charge is -2.16. The van der Waals surface area contributed by atoms with E-state index in [2.05, 4.69) is 15.4 Å². The summed E-state index contributed by atoms with van der Waals surface area (Å²) in [4.78, 5) is 16.3. The molecule has 3 rings (SSSR count). The van der Waals surface area contributed by atoms with Crippen LogP contribution in [0.25, 0.3) is 5.82 Å². The second-order valence-electron chi connectivity index (χ2n) is 6.34. The fraction of sp³-hybridized carbons (Fsp3) is 0.250. The number of hydrogen-bond acceptors (Lipinski definition) is 7. The molecule has 1 aromatic carbocycles. The Labute approximate surface area is 185 Å². The molecular weight excluding hydrogens is 453 g/mol. The highest BCUT2D eigenvalue weighted by molar-refractivity contribution is 6.32. The summed E-state index contributed by atoms with van der Waals surface area (Å²) in [5.41, 5.74) is -0.780. The molecular formula is C20H18ClF3N4O4. The summed E-state index contributed by atoms with van der Waals surface area (Å²) in [5, 5.41) is 6.74. The van der Waals surface area contributed by atoms with Gasteiger partial charge in [-0.05, 0) is 24.3 Å². The molecule has 0 amide bonds. The van der Waals surface area contributed by atoms with Gasteiger partial charge in [-0.25, -0.2) is 4.98 Å². The number of pyridine rings is 1. The molecule has 0 radical (unpaired) electrons. The van der Waals surface area contributed by atoms with Crippen LogP contribution in [0.5, 0.6) is 17.2 Å². The average Bonchev–Trinajstić information content (AvgIpc) is 2.78. The van der Waals surface area contributed by atoms with Crippen LogP contribution >= 0.6 is 11.6 Å². The van der Waals surface area contributed by atoms with Gasteiger partial charge in [-0.1, -0.05) is 11.6 Å². The zero-order valence-corrected chi connectivity index (χ0v) is 17.9. The first-order chi connectivity index (χ1) is 15.2.